The van der Waals surface area contributed by atoms with E-state index in [1.165, 1.54) is 30.6 Å². The van der Waals surface area contributed by atoms with Gasteiger partial charge in [0.25, 0.3) is 5.91 Å². The molecule has 0 aliphatic carbocycles. The predicted molar refractivity (Wildman–Crippen MR) is 101 cm³/mol. The molecule has 2 aliphatic rings. The number of carbonyl (C=O) groups excluding carboxylic acids is 2. The number of carbonyl (C=O) groups is 2. The van der Waals surface area contributed by atoms with Crippen LogP contribution < -0.4 is 10.6 Å². The van der Waals surface area contributed by atoms with E-state index in [1.807, 2.05) is 0 Å². The van der Waals surface area contributed by atoms with E-state index in [0.717, 1.165) is 18.2 Å². The van der Waals surface area contributed by atoms with Gasteiger partial charge in [-0.1, -0.05) is 6.07 Å². The topological polar surface area (TPSA) is 82.9 Å². The molecule has 4 rings (SSSR count). The van der Waals surface area contributed by atoms with Crippen molar-refractivity contribution in [3.05, 3.63) is 77.0 Å². The Morgan fingerprint density at radius 3 is 2.68 bits per heavy atom. The molecule has 2 aromatic rings. The largest absolute Gasteiger partial charge is 0.369 e. The SMILES string of the molecule is O=C(Nc1cc(F)cc(C(=O)C2=CNC3N=CN=CC23)c1)c1cccc(F)c1. The molecular formula is C20H14F2N4O2. The Kier molecular flexibility index (Phi) is 4.52. The summed E-state index contributed by atoms with van der Waals surface area (Å²) in [5.74, 6) is -2.59. The Morgan fingerprint density at radius 2 is 1.86 bits per heavy atom. The van der Waals surface area contributed by atoms with Crippen LogP contribution >= 0.6 is 0 Å². The number of halogens is 2. The van der Waals surface area contributed by atoms with Crippen LogP contribution in [0.1, 0.15) is 20.7 Å². The molecule has 2 N–H and O–H groups in total. The Bertz CT molecular complexity index is 1060. The molecule has 2 heterocycles. The first-order chi connectivity index (χ1) is 13.5. The van der Waals surface area contributed by atoms with Crippen LogP contribution in [0, 0.1) is 17.6 Å². The molecule has 6 nitrogen and oxygen atoms in total. The van der Waals surface area contributed by atoms with Gasteiger partial charge in [-0.05, 0) is 36.4 Å². The summed E-state index contributed by atoms with van der Waals surface area (Å²) in [7, 11) is 0. The van der Waals surface area contributed by atoms with Gasteiger partial charge in [-0.25, -0.2) is 18.8 Å². The minimum absolute atomic E-state index is 0.0752. The van der Waals surface area contributed by atoms with E-state index in [-0.39, 0.29) is 28.9 Å². The maximum atomic E-state index is 14.1. The van der Waals surface area contributed by atoms with Crippen LogP contribution in [-0.4, -0.2) is 30.4 Å². The van der Waals surface area contributed by atoms with Crippen LogP contribution in [-0.2, 0) is 0 Å². The van der Waals surface area contributed by atoms with E-state index in [0.29, 0.717) is 5.57 Å². The maximum Gasteiger partial charge on any atom is 0.255 e. The standard InChI is InChI=1S/C20H14F2N4O2/c21-13-3-1-2-11(4-13)20(28)26-15-6-12(5-14(22)7-15)18(27)16-9-24-19-17(16)8-23-10-25-19/h1-10,17,19,24H,(H,26,28). The Labute approximate surface area is 158 Å². The van der Waals surface area contributed by atoms with Crippen LogP contribution in [0.2, 0.25) is 0 Å². The summed E-state index contributed by atoms with van der Waals surface area (Å²) in [6.07, 6.45) is 4.24. The number of Topliss-reactive ketones (excluding diaryl/α,β-unsaturated/α-hetero) is 1. The zero-order chi connectivity index (χ0) is 19.7. The number of amides is 1. The number of nitrogens with zero attached hydrogens (tertiary/aromatic N) is 2. The molecule has 1 amide bonds. The Morgan fingerprint density at radius 1 is 1.04 bits per heavy atom. The van der Waals surface area contributed by atoms with E-state index in [9.17, 15) is 18.4 Å². The maximum absolute atomic E-state index is 14.1. The molecule has 2 aliphatic heterocycles. The number of fused-ring (bicyclic) bond motifs is 1. The third-order valence-electron chi connectivity index (χ3n) is 4.42. The summed E-state index contributed by atoms with van der Waals surface area (Å²) < 4.78 is 27.4. The van der Waals surface area contributed by atoms with Gasteiger partial charge >= 0.3 is 0 Å². The summed E-state index contributed by atoms with van der Waals surface area (Å²) in [4.78, 5) is 33.2. The zero-order valence-electron chi connectivity index (χ0n) is 14.4. The second-order valence-electron chi connectivity index (χ2n) is 6.32. The number of hydrogen-bond donors (Lipinski definition) is 2. The lowest BCUT2D eigenvalue weighted by atomic mass is 9.93. The van der Waals surface area contributed by atoms with Gasteiger partial charge in [-0.2, -0.15) is 0 Å². The number of ketones is 1. The Balaban J connectivity index is 1.57. The molecule has 0 saturated carbocycles. The summed E-state index contributed by atoms with van der Waals surface area (Å²) in [5, 5.41) is 5.46. The van der Waals surface area contributed by atoms with Crippen molar-refractivity contribution in [2.75, 3.05) is 5.32 Å². The predicted octanol–water partition coefficient (Wildman–Crippen LogP) is 2.94. The number of hydrogen-bond acceptors (Lipinski definition) is 5. The fraction of sp³-hybridized carbons (Fsp3) is 0.100. The van der Waals surface area contributed by atoms with Crippen molar-refractivity contribution >= 4 is 29.9 Å². The van der Waals surface area contributed by atoms with Crippen molar-refractivity contribution < 1.29 is 18.4 Å². The van der Waals surface area contributed by atoms with Crippen LogP contribution in [0.4, 0.5) is 14.5 Å². The van der Waals surface area contributed by atoms with Crippen molar-refractivity contribution in [2.24, 2.45) is 15.9 Å². The fourth-order valence-electron chi connectivity index (χ4n) is 3.09. The molecule has 0 spiro atoms. The summed E-state index contributed by atoms with van der Waals surface area (Å²) in [6, 6.07) is 8.67. The Hall–Kier alpha value is -3.68. The van der Waals surface area contributed by atoms with Gasteiger partial charge in [0.05, 0.1) is 5.92 Å². The average Bonchev–Trinajstić information content (AvgIpc) is 3.11. The van der Waals surface area contributed by atoms with Crippen molar-refractivity contribution in [1.82, 2.24) is 5.32 Å². The molecule has 140 valence electrons. The molecule has 2 unspecified atom stereocenters. The van der Waals surface area contributed by atoms with Crippen LogP contribution in [0.15, 0.2) is 64.2 Å². The number of aliphatic imine (C=N–C) groups is 2. The molecule has 8 heteroatoms. The molecule has 0 saturated heterocycles. The summed E-state index contributed by atoms with van der Waals surface area (Å²) in [5.41, 5.74) is 0.653. The first-order valence-corrected chi connectivity index (χ1v) is 8.44. The first kappa shape index (κ1) is 17.7. The third kappa shape index (κ3) is 3.44. The van der Waals surface area contributed by atoms with Crippen molar-refractivity contribution in [2.45, 2.75) is 6.17 Å². The lowest BCUT2D eigenvalue weighted by molar-refractivity contribution is 0.101. The first-order valence-electron chi connectivity index (χ1n) is 8.44. The van der Waals surface area contributed by atoms with E-state index in [1.54, 1.807) is 12.4 Å². The van der Waals surface area contributed by atoms with Crippen molar-refractivity contribution in [3.63, 3.8) is 0 Å². The second kappa shape index (κ2) is 7.15. The normalized spacial score (nSPS) is 19.6. The van der Waals surface area contributed by atoms with Crippen molar-refractivity contribution in [1.29, 1.82) is 0 Å². The third-order valence-corrected chi connectivity index (χ3v) is 4.42. The van der Waals surface area contributed by atoms with Gasteiger partial charge in [0.1, 0.15) is 24.1 Å². The highest BCUT2D eigenvalue weighted by molar-refractivity contribution is 6.12. The number of nitrogens with one attached hydrogen (secondary N) is 2. The number of benzene rings is 2. The number of anilines is 1. The van der Waals surface area contributed by atoms with Gasteiger partial charge in [-0.3, -0.25) is 9.59 Å². The minimum atomic E-state index is -0.682. The average molecular weight is 380 g/mol. The summed E-state index contributed by atoms with van der Waals surface area (Å²) in [6.45, 7) is 0. The molecule has 2 atom stereocenters. The van der Waals surface area contributed by atoms with Crippen molar-refractivity contribution in [3.8, 4) is 0 Å². The van der Waals surface area contributed by atoms with Gasteiger partial charge in [-0.15, -0.1) is 0 Å². The van der Waals surface area contributed by atoms with Gasteiger partial charge < -0.3 is 10.6 Å². The molecule has 0 aromatic heterocycles. The molecule has 2 aromatic carbocycles. The highest BCUT2D eigenvalue weighted by Gasteiger charge is 2.33. The molecular weight excluding hydrogens is 366 g/mol. The van der Waals surface area contributed by atoms with Crippen LogP contribution in [0.5, 0.6) is 0 Å². The van der Waals surface area contributed by atoms with Crippen LogP contribution in [0.25, 0.3) is 0 Å². The molecule has 28 heavy (non-hydrogen) atoms. The second-order valence-corrected chi connectivity index (χ2v) is 6.32. The van der Waals surface area contributed by atoms with E-state index in [4.69, 9.17) is 0 Å². The van der Waals surface area contributed by atoms with Gasteiger partial charge in [0.15, 0.2) is 5.78 Å². The smallest absolute Gasteiger partial charge is 0.255 e. The highest BCUT2D eigenvalue weighted by atomic mass is 19.1. The monoisotopic (exact) mass is 380 g/mol. The van der Waals surface area contributed by atoms with Gasteiger partial charge in [0, 0.05) is 34.8 Å². The van der Waals surface area contributed by atoms with E-state index >= 15 is 0 Å². The zero-order valence-corrected chi connectivity index (χ0v) is 14.4. The fourth-order valence-corrected chi connectivity index (χ4v) is 3.09. The number of rotatable bonds is 4. The van der Waals surface area contributed by atoms with Gasteiger partial charge in [0.2, 0.25) is 0 Å². The van der Waals surface area contributed by atoms with Crippen LogP contribution in [0.3, 0.4) is 0 Å². The molecule has 0 radical (unpaired) electrons. The lowest BCUT2D eigenvalue weighted by Crippen LogP contribution is -2.29. The highest BCUT2D eigenvalue weighted by Crippen LogP contribution is 2.27. The lowest BCUT2D eigenvalue weighted by Gasteiger charge is -2.16. The quantitative estimate of drug-likeness (QED) is 0.800. The summed E-state index contributed by atoms with van der Waals surface area (Å²) >= 11 is 0. The minimum Gasteiger partial charge on any atom is -0.369 e. The van der Waals surface area contributed by atoms with E-state index < -0.39 is 23.3 Å². The molecule has 0 fully saturated rings. The molecule has 0 bridgehead atoms. The van der Waals surface area contributed by atoms with E-state index in [2.05, 4.69) is 20.6 Å².